The third-order valence-electron chi connectivity index (χ3n) is 3.98. The van der Waals surface area contributed by atoms with Gasteiger partial charge in [0, 0.05) is 6.08 Å². The quantitative estimate of drug-likeness (QED) is 0.368. The minimum absolute atomic E-state index is 0.0248. The van der Waals surface area contributed by atoms with Gasteiger partial charge in [0.15, 0.2) is 11.5 Å². The summed E-state index contributed by atoms with van der Waals surface area (Å²) in [5, 5.41) is 47.8. The van der Waals surface area contributed by atoms with Gasteiger partial charge in [0.05, 0.1) is 20.8 Å². The normalized spacial score (nSPS) is 28.1. The SMILES string of the molecule is COc1cc(C=CC(=O)O)cc(OC)c1OC1O[C@H](CO)[C@@H](O)[C@H](O)[C@H]1O. The molecule has 0 bridgehead atoms. The summed E-state index contributed by atoms with van der Waals surface area (Å²) < 4.78 is 21.4. The highest BCUT2D eigenvalue weighted by atomic mass is 16.7. The Bertz CT molecular complexity index is 661. The highest BCUT2D eigenvalue weighted by Crippen LogP contribution is 2.40. The van der Waals surface area contributed by atoms with Crippen molar-refractivity contribution in [3.8, 4) is 17.2 Å². The van der Waals surface area contributed by atoms with Crippen LogP contribution in [-0.2, 0) is 9.53 Å². The Morgan fingerprint density at radius 2 is 1.70 bits per heavy atom. The number of aliphatic carboxylic acids is 1. The second kappa shape index (κ2) is 9.02. The highest BCUT2D eigenvalue weighted by molar-refractivity contribution is 5.85. The summed E-state index contributed by atoms with van der Waals surface area (Å²) in [7, 11) is 2.69. The summed E-state index contributed by atoms with van der Waals surface area (Å²) >= 11 is 0. The van der Waals surface area contributed by atoms with E-state index in [2.05, 4.69) is 0 Å². The number of hydrogen-bond donors (Lipinski definition) is 5. The van der Waals surface area contributed by atoms with Gasteiger partial charge in [-0.15, -0.1) is 0 Å². The molecular formula is C17H22O10. The Balaban J connectivity index is 2.35. The molecule has 5 N–H and O–H groups in total. The van der Waals surface area contributed by atoms with Crippen molar-refractivity contribution >= 4 is 12.0 Å². The maximum absolute atomic E-state index is 10.7. The Hall–Kier alpha value is -2.37. The largest absolute Gasteiger partial charge is 0.493 e. The summed E-state index contributed by atoms with van der Waals surface area (Å²) in [6, 6.07) is 2.95. The number of methoxy groups -OCH3 is 2. The van der Waals surface area contributed by atoms with Crippen LogP contribution in [0.25, 0.3) is 6.08 Å². The van der Waals surface area contributed by atoms with Crippen LogP contribution in [0.5, 0.6) is 17.2 Å². The molecule has 0 radical (unpaired) electrons. The molecular weight excluding hydrogens is 364 g/mol. The molecule has 10 nitrogen and oxygen atoms in total. The number of benzene rings is 1. The van der Waals surface area contributed by atoms with Crippen LogP contribution in [0.15, 0.2) is 18.2 Å². The Kier molecular flexibility index (Phi) is 6.99. The molecule has 5 atom stereocenters. The molecule has 1 saturated heterocycles. The van der Waals surface area contributed by atoms with Crippen molar-refractivity contribution in [2.75, 3.05) is 20.8 Å². The lowest BCUT2D eigenvalue weighted by Crippen LogP contribution is -2.60. The third-order valence-corrected chi connectivity index (χ3v) is 3.98. The predicted octanol–water partition coefficient (Wildman–Crippen LogP) is -1.02. The zero-order chi connectivity index (χ0) is 20.1. The van der Waals surface area contributed by atoms with Crippen molar-refractivity contribution in [2.45, 2.75) is 30.7 Å². The van der Waals surface area contributed by atoms with Crippen molar-refractivity contribution in [3.05, 3.63) is 23.8 Å². The van der Waals surface area contributed by atoms with E-state index in [0.717, 1.165) is 6.08 Å². The van der Waals surface area contributed by atoms with Gasteiger partial charge in [-0.25, -0.2) is 4.79 Å². The van der Waals surface area contributed by atoms with Gasteiger partial charge in [-0.1, -0.05) is 0 Å². The standard InChI is InChI=1S/C17H22O10/c1-24-9-5-8(3-4-12(19)20)6-10(25-2)16(9)27-17-15(23)14(22)13(21)11(7-18)26-17/h3-6,11,13-15,17-18,21-23H,7H2,1-2H3,(H,19,20)/t11-,13-,14+,15-,17?/m1/s1. The molecule has 10 heteroatoms. The molecule has 0 saturated carbocycles. The molecule has 150 valence electrons. The number of aliphatic hydroxyl groups excluding tert-OH is 4. The van der Waals surface area contributed by atoms with Crippen molar-refractivity contribution in [2.24, 2.45) is 0 Å². The highest BCUT2D eigenvalue weighted by Gasteiger charge is 2.45. The summed E-state index contributed by atoms with van der Waals surface area (Å²) in [5.74, 6) is -0.806. The van der Waals surface area contributed by atoms with Crippen LogP contribution < -0.4 is 14.2 Å². The Morgan fingerprint density at radius 3 is 2.19 bits per heavy atom. The van der Waals surface area contributed by atoms with Gasteiger partial charge >= 0.3 is 5.97 Å². The van der Waals surface area contributed by atoms with Crippen LogP contribution in [0.1, 0.15) is 5.56 Å². The van der Waals surface area contributed by atoms with E-state index in [9.17, 15) is 25.2 Å². The number of aliphatic hydroxyl groups is 4. The number of ether oxygens (including phenoxy) is 4. The summed E-state index contributed by atoms with van der Waals surface area (Å²) in [5.41, 5.74) is 0.451. The zero-order valence-corrected chi connectivity index (χ0v) is 14.7. The van der Waals surface area contributed by atoms with E-state index in [1.165, 1.54) is 32.4 Å². The molecule has 1 aliphatic heterocycles. The van der Waals surface area contributed by atoms with E-state index < -0.39 is 43.3 Å². The van der Waals surface area contributed by atoms with Crippen LogP contribution in [0.4, 0.5) is 0 Å². The molecule has 0 spiro atoms. The van der Waals surface area contributed by atoms with Gasteiger partial charge in [-0.05, 0) is 23.8 Å². The molecule has 1 fully saturated rings. The third kappa shape index (κ3) is 4.67. The van der Waals surface area contributed by atoms with Crippen molar-refractivity contribution in [1.82, 2.24) is 0 Å². The Morgan fingerprint density at radius 1 is 1.11 bits per heavy atom. The van der Waals surface area contributed by atoms with Crippen LogP contribution in [0.2, 0.25) is 0 Å². The minimum Gasteiger partial charge on any atom is -0.493 e. The van der Waals surface area contributed by atoms with Crippen LogP contribution in [0, 0.1) is 0 Å². The fourth-order valence-electron chi connectivity index (χ4n) is 2.56. The van der Waals surface area contributed by atoms with E-state index in [-0.39, 0.29) is 17.2 Å². The first-order chi connectivity index (χ1) is 12.8. The molecule has 1 unspecified atom stereocenters. The van der Waals surface area contributed by atoms with E-state index in [4.69, 9.17) is 24.1 Å². The van der Waals surface area contributed by atoms with E-state index in [1.807, 2.05) is 0 Å². The molecule has 0 aromatic heterocycles. The second-order valence-corrected chi connectivity index (χ2v) is 5.74. The molecule has 1 aromatic rings. The van der Waals surface area contributed by atoms with E-state index in [1.54, 1.807) is 0 Å². The lowest BCUT2D eigenvalue weighted by molar-refractivity contribution is -0.277. The molecule has 1 aliphatic rings. The van der Waals surface area contributed by atoms with Gasteiger partial charge in [0.25, 0.3) is 0 Å². The fraction of sp³-hybridized carbons (Fsp3) is 0.471. The average molecular weight is 386 g/mol. The molecule has 1 aromatic carbocycles. The first kappa shape index (κ1) is 20.9. The molecule has 27 heavy (non-hydrogen) atoms. The molecule has 0 amide bonds. The smallest absolute Gasteiger partial charge is 0.328 e. The second-order valence-electron chi connectivity index (χ2n) is 5.74. The monoisotopic (exact) mass is 386 g/mol. The van der Waals surface area contributed by atoms with Crippen LogP contribution in [0.3, 0.4) is 0 Å². The fourth-order valence-corrected chi connectivity index (χ4v) is 2.56. The first-order valence-electron chi connectivity index (χ1n) is 7.96. The topological polar surface area (TPSA) is 155 Å². The van der Waals surface area contributed by atoms with E-state index >= 15 is 0 Å². The van der Waals surface area contributed by atoms with Crippen LogP contribution in [-0.4, -0.2) is 83.0 Å². The van der Waals surface area contributed by atoms with Crippen LogP contribution >= 0.6 is 0 Å². The number of carbonyl (C=O) groups is 1. The van der Waals surface area contributed by atoms with E-state index in [0.29, 0.717) is 5.56 Å². The number of carboxylic acids is 1. The summed E-state index contributed by atoms with van der Waals surface area (Å²) in [6.45, 7) is -0.599. The predicted molar refractivity (Wildman–Crippen MR) is 90.6 cm³/mol. The van der Waals surface area contributed by atoms with Crippen molar-refractivity contribution < 1.29 is 49.3 Å². The van der Waals surface area contributed by atoms with Gasteiger partial charge in [-0.3, -0.25) is 0 Å². The lowest BCUT2D eigenvalue weighted by atomic mass is 9.99. The van der Waals surface area contributed by atoms with Gasteiger partial charge < -0.3 is 44.5 Å². The van der Waals surface area contributed by atoms with Gasteiger partial charge in [0.2, 0.25) is 12.0 Å². The van der Waals surface area contributed by atoms with Gasteiger partial charge in [0.1, 0.15) is 24.4 Å². The van der Waals surface area contributed by atoms with Crippen molar-refractivity contribution in [1.29, 1.82) is 0 Å². The number of rotatable bonds is 7. The van der Waals surface area contributed by atoms with Gasteiger partial charge in [-0.2, -0.15) is 0 Å². The molecule has 0 aliphatic carbocycles. The minimum atomic E-state index is -1.61. The summed E-state index contributed by atoms with van der Waals surface area (Å²) in [4.78, 5) is 10.7. The van der Waals surface area contributed by atoms with Crippen molar-refractivity contribution in [3.63, 3.8) is 0 Å². The summed E-state index contributed by atoms with van der Waals surface area (Å²) in [6.07, 6.45) is -5.03. The zero-order valence-electron chi connectivity index (χ0n) is 14.7. The maximum atomic E-state index is 10.7. The lowest BCUT2D eigenvalue weighted by Gasteiger charge is -2.39. The first-order valence-corrected chi connectivity index (χ1v) is 7.96. The molecule has 2 rings (SSSR count). The number of carboxylic acid groups (broad SMARTS) is 1. The number of hydrogen-bond acceptors (Lipinski definition) is 9. The molecule has 1 heterocycles. The Labute approximate surface area is 154 Å². The maximum Gasteiger partial charge on any atom is 0.328 e. The average Bonchev–Trinajstić information content (AvgIpc) is 2.66.